The maximum Gasteiger partial charge on any atom is 0.304 e. The summed E-state index contributed by atoms with van der Waals surface area (Å²) in [6, 6.07) is 0. The highest BCUT2D eigenvalue weighted by atomic mass is 16.6. The molecule has 6 nitrogen and oxygen atoms in total. The Kier molecular flexibility index (Phi) is 3.78. The summed E-state index contributed by atoms with van der Waals surface area (Å²) in [6.07, 6.45) is 0.720. The molecule has 1 rings (SSSR count). The quantitative estimate of drug-likeness (QED) is 0.602. The zero-order chi connectivity index (χ0) is 12.3. The Labute approximate surface area is 92.9 Å². The van der Waals surface area contributed by atoms with Crippen LogP contribution in [0, 0.1) is 0 Å². The third-order valence-electron chi connectivity index (χ3n) is 2.05. The summed E-state index contributed by atoms with van der Waals surface area (Å²) in [4.78, 5) is 26.0. The maximum atomic E-state index is 11.3. The lowest BCUT2D eigenvalue weighted by Gasteiger charge is -2.17. The third-order valence-corrected chi connectivity index (χ3v) is 2.05. The number of carbonyl (C=O) groups excluding carboxylic acids is 2. The monoisotopic (exact) mass is 226 g/mol. The van der Waals surface area contributed by atoms with E-state index in [0.29, 0.717) is 5.69 Å². The molecule has 0 spiro atoms. The van der Waals surface area contributed by atoms with Gasteiger partial charge in [0, 0.05) is 13.8 Å². The number of aromatic nitrogens is 2. The van der Waals surface area contributed by atoms with Crippen LogP contribution in [0.25, 0.3) is 0 Å². The standard InChI is InChI=1S/C10H14N2O4/c1-6(14)10-11-4-9(5-13)12(10)7(2)16-8(3)15/h4,7,13H,5H2,1-3H3. The van der Waals surface area contributed by atoms with E-state index in [-0.39, 0.29) is 18.2 Å². The first-order valence-electron chi connectivity index (χ1n) is 4.82. The highest BCUT2D eigenvalue weighted by Gasteiger charge is 2.19. The molecule has 1 atom stereocenters. The molecule has 0 saturated carbocycles. The molecule has 16 heavy (non-hydrogen) atoms. The summed E-state index contributed by atoms with van der Waals surface area (Å²) in [6.45, 7) is 3.97. The van der Waals surface area contributed by atoms with E-state index in [4.69, 9.17) is 9.84 Å². The Morgan fingerprint density at radius 1 is 1.56 bits per heavy atom. The van der Waals surface area contributed by atoms with E-state index in [1.165, 1.54) is 24.6 Å². The van der Waals surface area contributed by atoms with Gasteiger partial charge in [-0.15, -0.1) is 0 Å². The second kappa shape index (κ2) is 4.89. The average Bonchev–Trinajstić information content (AvgIpc) is 2.59. The number of nitrogens with zero attached hydrogens (tertiary/aromatic N) is 2. The van der Waals surface area contributed by atoms with Crippen molar-refractivity contribution in [1.82, 2.24) is 9.55 Å². The van der Waals surface area contributed by atoms with Gasteiger partial charge in [-0.1, -0.05) is 0 Å². The average molecular weight is 226 g/mol. The number of carbonyl (C=O) groups is 2. The van der Waals surface area contributed by atoms with Crippen molar-refractivity contribution in [2.24, 2.45) is 0 Å². The zero-order valence-corrected chi connectivity index (χ0v) is 9.43. The SMILES string of the molecule is CC(=O)OC(C)n1c(CO)cnc1C(C)=O. The molecule has 6 heteroatoms. The van der Waals surface area contributed by atoms with Gasteiger partial charge in [-0.2, -0.15) is 0 Å². The topological polar surface area (TPSA) is 81.4 Å². The van der Waals surface area contributed by atoms with Gasteiger partial charge in [0.2, 0.25) is 0 Å². The van der Waals surface area contributed by atoms with Crippen molar-refractivity contribution < 1.29 is 19.4 Å². The summed E-state index contributed by atoms with van der Waals surface area (Å²) in [5.41, 5.74) is 0.430. The highest BCUT2D eigenvalue weighted by Crippen LogP contribution is 2.16. The van der Waals surface area contributed by atoms with Crippen molar-refractivity contribution in [2.45, 2.75) is 33.6 Å². The minimum Gasteiger partial charge on any atom is -0.442 e. The van der Waals surface area contributed by atoms with E-state index >= 15 is 0 Å². The summed E-state index contributed by atoms with van der Waals surface area (Å²) < 4.78 is 6.36. The maximum absolute atomic E-state index is 11.3. The van der Waals surface area contributed by atoms with Crippen LogP contribution in [0.15, 0.2) is 6.20 Å². The van der Waals surface area contributed by atoms with Gasteiger partial charge in [0.1, 0.15) is 0 Å². The van der Waals surface area contributed by atoms with Crippen LogP contribution in [0.1, 0.15) is 43.3 Å². The predicted molar refractivity (Wildman–Crippen MR) is 54.6 cm³/mol. The number of esters is 1. The van der Waals surface area contributed by atoms with E-state index in [1.54, 1.807) is 6.92 Å². The number of Topliss-reactive ketones (excluding diaryl/α,β-unsaturated/α-hetero) is 1. The normalized spacial score (nSPS) is 12.2. The molecular formula is C10H14N2O4. The minimum absolute atomic E-state index is 0.165. The van der Waals surface area contributed by atoms with E-state index in [2.05, 4.69) is 4.98 Å². The number of aliphatic hydroxyl groups is 1. The largest absolute Gasteiger partial charge is 0.442 e. The fourth-order valence-corrected chi connectivity index (χ4v) is 1.47. The van der Waals surface area contributed by atoms with Crippen molar-refractivity contribution in [1.29, 1.82) is 0 Å². The van der Waals surface area contributed by atoms with Gasteiger partial charge in [-0.3, -0.25) is 14.2 Å². The summed E-state index contributed by atoms with van der Waals surface area (Å²) in [7, 11) is 0. The molecule has 0 amide bonds. The minimum atomic E-state index is -0.666. The number of imidazole rings is 1. The van der Waals surface area contributed by atoms with Gasteiger partial charge in [-0.05, 0) is 6.92 Å². The zero-order valence-electron chi connectivity index (χ0n) is 9.43. The van der Waals surface area contributed by atoms with Gasteiger partial charge in [0.15, 0.2) is 17.8 Å². The van der Waals surface area contributed by atoms with Crippen LogP contribution in [0.3, 0.4) is 0 Å². The Morgan fingerprint density at radius 3 is 2.62 bits per heavy atom. The number of hydrogen-bond donors (Lipinski definition) is 1. The van der Waals surface area contributed by atoms with Gasteiger partial charge in [-0.25, -0.2) is 4.98 Å². The predicted octanol–water partition coefficient (Wildman–Crippen LogP) is 0.660. The van der Waals surface area contributed by atoms with Crippen molar-refractivity contribution in [2.75, 3.05) is 0 Å². The van der Waals surface area contributed by atoms with Crippen molar-refractivity contribution in [3.63, 3.8) is 0 Å². The summed E-state index contributed by atoms with van der Waals surface area (Å²) in [5.74, 6) is -0.545. The van der Waals surface area contributed by atoms with Gasteiger partial charge >= 0.3 is 5.97 Å². The molecule has 0 saturated heterocycles. The second-order valence-corrected chi connectivity index (χ2v) is 3.37. The molecule has 1 unspecified atom stereocenters. The second-order valence-electron chi connectivity index (χ2n) is 3.37. The van der Waals surface area contributed by atoms with Crippen LogP contribution in [-0.4, -0.2) is 26.4 Å². The van der Waals surface area contributed by atoms with E-state index in [9.17, 15) is 9.59 Å². The smallest absolute Gasteiger partial charge is 0.304 e. The Morgan fingerprint density at radius 2 is 2.19 bits per heavy atom. The molecule has 88 valence electrons. The summed E-state index contributed by atoms with van der Waals surface area (Å²) in [5, 5.41) is 9.08. The van der Waals surface area contributed by atoms with Crippen LogP contribution in [-0.2, 0) is 16.1 Å². The van der Waals surface area contributed by atoms with E-state index < -0.39 is 12.2 Å². The lowest BCUT2D eigenvalue weighted by molar-refractivity contribution is -0.150. The van der Waals surface area contributed by atoms with Crippen LogP contribution in [0.4, 0.5) is 0 Å². The fourth-order valence-electron chi connectivity index (χ4n) is 1.47. The molecule has 0 aliphatic heterocycles. The van der Waals surface area contributed by atoms with Gasteiger partial charge < -0.3 is 9.84 Å². The number of hydrogen-bond acceptors (Lipinski definition) is 5. The van der Waals surface area contributed by atoms with Gasteiger partial charge in [0.25, 0.3) is 0 Å². The molecular weight excluding hydrogens is 212 g/mol. The molecule has 1 N–H and O–H groups in total. The summed E-state index contributed by atoms with van der Waals surface area (Å²) >= 11 is 0. The van der Waals surface area contributed by atoms with Crippen LogP contribution >= 0.6 is 0 Å². The van der Waals surface area contributed by atoms with Crippen LogP contribution < -0.4 is 0 Å². The molecule has 0 bridgehead atoms. The number of ether oxygens (including phenoxy) is 1. The lowest BCUT2D eigenvalue weighted by Crippen LogP contribution is -2.19. The number of ketones is 1. The molecule has 0 aromatic carbocycles. The Balaban J connectivity index is 3.12. The molecule has 0 aliphatic rings. The first kappa shape index (κ1) is 12.4. The van der Waals surface area contributed by atoms with Crippen molar-refractivity contribution in [3.8, 4) is 0 Å². The molecule has 1 aromatic heterocycles. The fraction of sp³-hybridized carbons (Fsp3) is 0.500. The van der Waals surface area contributed by atoms with E-state index in [1.807, 2.05) is 0 Å². The lowest BCUT2D eigenvalue weighted by atomic mass is 10.4. The first-order chi connectivity index (χ1) is 7.47. The molecule has 0 fully saturated rings. The molecule has 1 heterocycles. The van der Waals surface area contributed by atoms with Crippen molar-refractivity contribution in [3.05, 3.63) is 17.7 Å². The van der Waals surface area contributed by atoms with Crippen molar-refractivity contribution >= 4 is 11.8 Å². The molecule has 0 radical (unpaired) electrons. The third kappa shape index (κ3) is 2.46. The molecule has 1 aromatic rings. The van der Waals surface area contributed by atoms with Crippen LogP contribution in [0.2, 0.25) is 0 Å². The Bertz CT molecular complexity index is 411. The van der Waals surface area contributed by atoms with Gasteiger partial charge in [0.05, 0.1) is 18.5 Å². The first-order valence-corrected chi connectivity index (χ1v) is 4.82. The highest BCUT2D eigenvalue weighted by molar-refractivity contribution is 5.90. The number of rotatable bonds is 4. The Hall–Kier alpha value is -1.69. The van der Waals surface area contributed by atoms with E-state index in [0.717, 1.165) is 0 Å². The molecule has 0 aliphatic carbocycles. The number of aliphatic hydroxyl groups excluding tert-OH is 1. The van der Waals surface area contributed by atoms with Crippen LogP contribution in [0.5, 0.6) is 0 Å².